The first kappa shape index (κ1) is 16.8. The molecule has 6 heteroatoms. The Balaban J connectivity index is 1.53. The summed E-state index contributed by atoms with van der Waals surface area (Å²) in [5.74, 6) is 0.861. The van der Waals surface area contributed by atoms with Gasteiger partial charge in [0.05, 0.1) is 17.6 Å². The van der Waals surface area contributed by atoms with Crippen LogP contribution in [-0.2, 0) is 0 Å². The molecule has 2 N–H and O–H groups in total. The molecule has 0 saturated heterocycles. The molecule has 6 nitrogen and oxygen atoms in total. The topological polar surface area (TPSA) is 79.9 Å². The predicted molar refractivity (Wildman–Crippen MR) is 105 cm³/mol. The molecule has 0 bridgehead atoms. The van der Waals surface area contributed by atoms with Gasteiger partial charge in [0.15, 0.2) is 0 Å². The van der Waals surface area contributed by atoms with Crippen LogP contribution in [-0.4, -0.2) is 27.5 Å². The smallest absolute Gasteiger partial charge is 0.261 e. The standard InChI is InChI=1S/C21H18N4O2/c1-2-27-21-16(6-5-13-22-21)20(26)23-15-11-9-14(10-12-15)19-24-17-7-3-4-8-18(17)25-19/h3-13H,2H2,1H3,(H,23,26)(H,24,25). The average molecular weight is 358 g/mol. The Morgan fingerprint density at radius 3 is 2.67 bits per heavy atom. The molecule has 0 aliphatic carbocycles. The highest BCUT2D eigenvalue weighted by molar-refractivity contribution is 6.05. The van der Waals surface area contributed by atoms with E-state index in [1.165, 1.54) is 0 Å². The first-order valence-electron chi connectivity index (χ1n) is 8.69. The number of rotatable bonds is 5. The van der Waals surface area contributed by atoms with Gasteiger partial charge >= 0.3 is 0 Å². The van der Waals surface area contributed by atoms with E-state index in [9.17, 15) is 4.79 Å². The first-order valence-corrected chi connectivity index (χ1v) is 8.69. The number of anilines is 1. The number of hydrogen-bond acceptors (Lipinski definition) is 4. The molecule has 134 valence electrons. The number of imidazole rings is 1. The van der Waals surface area contributed by atoms with Crippen LogP contribution in [0.4, 0.5) is 5.69 Å². The van der Waals surface area contributed by atoms with Crippen molar-refractivity contribution >= 4 is 22.6 Å². The largest absolute Gasteiger partial charge is 0.477 e. The summed E-state index contributed by atoms with van der Waals surface area (Å²) in [6.45, 7) is 2.30. The zero-order valence-electron chi connectivity index (χ0n) is 14.8. The number of aromatic nitrogens is 3. The van der Waals surface area contributed by atoms with Crippen LogP contribution in [0.2, 0.25) is 0 Å². The Hall–Kier alpha value is -3.67. The molecule has 0 aliphatic rings. The van der Waals surface area contributed by atoms with E-state index in [0.717, 1.165) is 22.4 Å². The fraction of sp³-hybridized carbons (Fsp3) is 0.0952. The lowest BCUT2D eigenvalue weighted by molar-refractivity contribution is 0.102. The molecule has 2 heterocycles. The number of para-hydroxylation sites is 2. The number of benzene rings is 2. The number of pyridine rings is 1. The Morgan fingerprint density at radius 2 is 1.89 bits per heavy atom. The minimum Gasteiger partial charge on any atom is -0.477 e. The van der Waals surface area contributed by atoms with Crippen molar-refractivity contribution in [2.75, 3.05) is 11.9 Å². The summed E-state index contributed by atoms with van der Waals surface area (Å²) in [4.78, 5) is 24.5. The number of hydrogen-bond donors (Lipinski definition) is 2. The lowest BCUT2D eigenvalue weighted by Crippen LogP contribution is -2.14. The van der Waals surface area contributed by atoms with E-state index in [-0.39, 0.29) is 5.91 Å². The van der Waals surface area contributed by atoms with E-state index >= 15 is 0 Å². The number of carbonyl (C=O) groups is 1. The van der Waals surface area contributed by atoms with E-state index < -0.39 is 0 Å². The van der Waals surface area contributed by atoms with Gasteiger partial charge in [0.1, 0.15) is 11.4 Å². The molecular weight excluding hydrogens is 340 g/mol. The summed E-state index contributed by atoms with van der Waals surface area (Å²) in [6, 6.07) is 18.8. The molecule has 0 radical (unpaired) electrons. The minimum absolute atomic E-state index is 0.261. The van der Waals surface area contributed by atoms with Crippen LogP contribution in [0.15, 0.2) is 66.9 Å². The third kappa shape index (κ3) is 3.50. The second-order valence-corrected chi connectivity index (χ2v) is 5.92. The molecule has 0 unspecified atom stereocenters. The van der Waals surface area contributed by atoms with Crippen molar-refractivity contribution in [3.8, 4) is 17.3 Å². The fourth-order valence-electron chi connectivity index (χ4n) is 2.81. The highest BCUT2D eigenvalue weighted by Crippen LogP contribution is 2.23. The molecule has 4 aromatic rings. The van der Waals surface area contributed by atoms with Crippen LogP contribution in [0.25, 0.3) is 22.4 Å². The molecule has 0 aliphatic heterocycles. The van der Waals surface area contributed by atoms with E-state index in [2.05, 4.69) is 20.3 Å². The van der Waals surface area contributed by atoms with Crippen LogP contribution >= 0.6 is 0 Å². The normalized spacial score (nSPS) is 10.7. The number of nitrogens with one attached hydrogen (secondary N) is 2. The zero-order chi connectivity index (χ0) is 18.6. The summed E-state index contributed by atoms with van der Waals surface area (Å²) < 4.78 is 5.42. The second-order valence-electron chi connectivity index (χ2n) is 5.92. The monoisotopic (exact) mass is 358 g/mol. The van der Waals surface area contributed by atoms with Crippen LogP contribution in [0.3, 0.4) is 0 Å². The van der Waals surface area contributed by atoms with Crippen molar-refractivity contribution in [2.45, 2.75) is 6.92 Å². The van der Waals surface area contributed by atoms with Gasteiger partial charge in [-0.3, -0.25) is 4.79 Å². The Bertz CT molecular complexity index is 1050. The van der Waals surface area contributed by atoms with E-state index in [1.807, 2.05) is 55.5 Å². The van der Waals surface area contributed by atoms with Gasteiger partial charge in [-0.05, 0) is 55.5 Å². The van der Waals surface area contributed by atoms with Crippen LogP contribution in [0.5, 0.6) is 5.88 Å². The summed E-state index contributed by atoms with van der Waals surface area (Å²) in [6.07, 6.45) is 1.60. The molecule has 27 heavy (non-hydrogen) atoms. The third-order valence-electron chi connectivity index (χ3n) is 4.10. The summed E-state index contributed by atoms with van der Waals surface area (Å²) in [5.41, 5.74) is 3.95. The van der Waals surface area contributed by atoms with Gasteiger partial charge in [-0.15, -0.1) is 0 Å². The zero-order valence-corrected chi connectivity index (χ0v) is 14.8. The van der Waals surface area contributed by atoms with Gasteiger partial charge in [0.2, 0.25) is 5.88 Å². The van der Waals surface area contributed by atoms with Crippen molar-refractivity contribution in [2.24, 2.45) is 0 Å². The van der Waals surface area contributed by atoms with Gasteiger partial charge in [0, 0.05) is 17.4 Å². The maximum absolute atomic E-state index is 12.5. The number of ether oxygens (including phenoxy) is 1. The molecule has 1 amide bonds. The number of fused-ring (bicyclic) bond motifs is 1. The van der Waals surface area contributed by atoms with Crippen molar-refractivity contribution in [1.29, 1.82) is 0 Å². The van der Waals surface area contributed by atoms with Gasteiger partial charge in [-0.1, -0.05) is 12.1 Å². The SMILES string of the molecule is CCOc1ncccc1C(=O)Nc1ccc(-c2nc3ccccc3[nH]2)cc1. The van der Waals surface area contributed by atoms with Gasteiger partial charge in [-0.2, -0.15) is 0 Å². The molecule has 0 fully saturated rings. The van der Waals surface area contributed by atoms with Crippen molar-refractivity contribution in [3.05, 3.63) is 72.4 Å². The van der Waals surface area contributed by atoms with Crippen LogP contribution < -0.4 is 10.1 Å². The Labute approximate surface area is 156 Å². The van der Waals surface area contributed by atoms with E-state index in [1.54, 1.807) is 18.3 Å². The van der Waals surface area contributed by atoms with E-state index in [4.69, 9.17) is 4.74 Å². The number of carbonyl (C=O) groups excluding carboxylic acids is 1. The van der Waals surface area contributed by atoms with Crippen molar-refractivity contribution in [1.82, 2.24) is 15.0 Å². The molecule has 0 spiro atoms. The molecule has 2 aromatic heterocycles. The molecule has 2 aromatic carbocycles. The summed E-state index contributed by atoms with van der Waals surface area (Å²) in [7, 11) is 0. The Morgan fingerprint density at radius 1 is 1.07 bits per heavy atom. The average Bonchev–Trinajstić information content (AvgIpc) is 3.13. The number of aromatic amines is 1. The maximum atomic E-state index is 12.5. The molecule has 0 saturated carbocycles. The summed E-state index contributed by atoms with van der Waals surface area (Å²) in [5, 5.41) is 2.87. The highest BCUT2D eigenvalue weighted by atomic mass is 16.5. The highest BCUT2D eigenvalue weighted by Gasteiger charge is 2.13. The second kappa shape index (κ2) is 7.29. The van der Waals surface area contributed by atoms with E-state index in [0.29, 0.717) is 23.7 Å². The number of nitrogens with zero attached hydrogens (tertiary/aromatic N) is 2. The van der Waals surface area contributed by atoms with Gasteiger partial charge < -0.3 is 15.0 Å². The fourth-order valence-corrected chi connectivity index (χ4v) is 2.81. The summed E-state index contributed by atoms with van der Waals surface area (Å²) >= 11 is 0. The maximum Gasteiger partial charge on any atom is 0.261 e. The predicted octanol–water partition coefficient (Wildman–Crippen LogP) is 4.28. The number of H-pyrrole nitrogens is 1. The van der Waals surface area contributed by atoms with Gasteiger partial charge in [-0.25, -0.2) is 9.97 Å². The van der Waals surface area contributed by atoms with Crippen molar-refractivity contribution < 1.29 is 9.53 Å². The molecular formula is C21H18N4O2. The Kier molecular flexibility index (Phi) is 4.53. The first-order chi connectivity index (χ1) is 13.2. The lowest BCUT2D eigenvalue weighted by atomic mass is 10.2. The number of amides is 1. The quantitative estimate of drug-likeness (QED) is 0.558. The molecule has 4 rings (SSSR count). The van der Waals surface area contributed by atoms with Crippen LogP contribution in [0, 0.1) is 0 Å². The van der Waals surface area contributed by atoms with Crippen LogP contribution in [0.1, 0.15) is 17.3 Å². The lowest BCUT2D eigenvalue weighted by Gasteiger charge is -2.09. The van der Waals surface area contributed by atoms with Crippen molar-refractivity contribution in [3.63, 3.8) is 0 Å². The minimum atomic E-state index is -0.261. The molecule has 0 atom stereocenters. The third-order valence-corrected chi connectivity index (χ3v) is 4.10. The van der Waals surface area contributed by atoms with Gasteiger partial charge in [0.25, 0.3) is 5.91 Å².